The van der Waals surface area contributed by atoms with Gasteiger partial charge in [0.15, 0.2) is 5.65 Å². The molecule has 4 rings (SSSR count). The minimum Gasteiger partial charge on any atom is -0.444 e. The summed E-state index contributed by atoms with van der Waals surface area (Å²) in [6.45, 7) is 11.3. The minimum atomic E-state index is -2.69. The molecule has 2 aromatic heterocycles. The van der Waals surface area contributed by atoms with E-state index in [-0.39, 0.29) is 43.7 Å². The molecule has 0 saturated heterocycles. The van der Waals surface area contributed by atoms with Crippen molar-refractivity contribution in [1.82, 2.24) is 24.6 Å². The van der Waals surface area contributed by atoms with E-state index in [4.69, 9.17) is 14.5 Å². The second kappa shape index (κ2) is 11.4. The number of imidazole rings is 1. The lowest BCUT2D eigenvalue weighted by Crippen LogP contribution is -2.40. The van der Waals surface area contributed by atoms with Crippen LogP contribution >= 0.6 is 0 Å². The zero-order valence-corrected chi connectivity index (χ0v) is 24.4. The molecule has 2 heterocycles. The summed E-state index contributed by atoms with van der Waals surface area (Å²) >= 11 is 0. The molecular weight excluding hydrogens is 528 g/mol. The number of rotatable bonds is 9. The third kappa shape index (κ3) is 8.40. The molecule has 1 amide bonds. The molecule has 0 bridgehead atoms. The van der Waals surface area contributed by atoms with Crippen molar-refractivity contribution < 1.29 is 27.3 Å². The van der Waals surface area contributed by atoms with Crippen LogP contribution in [0.15, 0.2) is 18.5 Å². The van der Waals surface area contributed by atoms with Crippen LogP contribution in [-0.4, -0.2) is 53.9 Å². The molecule has 2 aromatic rings. The Bertz CT molecular complexity index is 1180. The number of fused-ring (bicyclic) bond motifs is 1. The first-order valence-corrected chi connectivity index (χ1v) is 14.8. The second-order valence-electron chi connectivity index (χ2n) is 12.7. The molecule has 0 radical (unpaired) electrons. The number of amides is 1. The van der Waals surface area contributed by atoms with Gasteiger partial charge in [0.25, 0.3) is 0 Å². The number of nitrogens with one attached hydrogen (secondary N) is 2. The summed E-state index contributed by atoms with van der Waals surface area (Å²) < 4.78 is 56.4. The number of carbonyl (C=O) groups is 1. The number of hydrogen-bond acceptors (Lipinski definition) is 6. The largest absolute Gasteiger partial charge is 0.444 e. The monoisotopic (exact) mass is 569 g/mol. The van der Waals surface area contributed by atoms with Crippen LogP contribution < -0.4 is 10.0 Å². The molecule has 9 nitrogen and oxygen atoms in total. The Hall–Kier alpha value is -2.18. The summed E-state index contributed by atoms with van der Waals surface area (Å²) in [5.74, 6) is -2.92. The predicted octanol–water partition coefficient (Wildman–Crippen LogP) is 5.39. The van der Waals surface area contributed by atoms with E-state index in [9.17, 15) is 17.8 Å². The van der Waals surface area contributed by atoms with Gasteiger partial charge in [-0.25, -0.2) is 32.0 Å². The van der Waals surface area contributed by atoms with E-state index >= 15 is 0 Å². The standard InChI is InChI=1S/C27H41F2N5O4S/c1-25(2,3)38-24(35)32-23(17-9-11-27(28,29)12-10-17)20-15-34-22(31-20)13-18(14-30-34)21(16-37-19-7-8-19)33-39(36)26(4,5)6/h13-15,17,19,21,23,33H,7-12,16H2,1-6H3,(H,32,35)/t21-,23+,39?/m1/s1. The molecule has 2 fully saturated rings. The Balaban J connectivity index is 1.60. The third-order valence-corrected chi connectivity index (χ3v) is 8.43. The Kier molecular flexibility index (Phi) is 8.68. The lowest BCUT2D eigenvalue weighted by molar-refractivity contribution is -0.0500. The van der Waals surface area contributed by atoms with E-state index in [1.54, 1.807) is 37.7 Å². The van der Waals surface area contributed by atoms with E-state index in [0.717, 1.165) is 18.4 Å². The first kappa shape index (κ1) is 29.8. The number of nitrogens with zero attached hydrogens (tertiary/aromatic N) is 3. The summed E-state index contributed by atoms with van der Waals surface area (Å²) in [5.41, 5.74) is 1.12. The van der Waals surface area contributed by atoms with Crippen molar-refractivity contribution >= 4 is 22.7 Å². The molecule has 0 spiro atoms. The molecule has 3 atom stereocenters. The molecule has 39 heavy (non-hydrogen) atoms. The average molecular weight is 570 g/mol. The fraction of sp³-hybridized carbons (Fsp3) is 0.741. The molecule has 2 aliphatic carbocycles. The van der Waals surface area contributed by atoms with Gasteiger partial charge >= 0.3 is 6.09 Å². The van der Waals surface area contributed by atoms with Crippen molar-refractivity contribution in [2.45, 2.75) is 115 Å². The first-order valence-electron chi connectivity index (χ1n) is 13.6. The number of ether oxygens (including phenoxy) is 2. The lowest BCUT2D eigenvalue weighted by atomic mass is 9.81. The molecule has 2 N–H and O–H groups in total. The van der Waals surface area contributed by atoms with Gasteiger partial charge in [0.05, 0.1) is 58.6 Å². The van der Waals surface area contributed by atoms with Crippen molar-refractivity contribution in [2.75, 3.05) is 6.61 Å². The number of hydrogen-bond donors (Lipinski definition) is 2. The maximum absolute atomic E-state index is 13.9. The normalized spacial score (nSPS) is 20.9. The van der Waals surface area contributed by atoms with Gasteiger partial charge in [-0.05, 0) is 84.8 Å². The predicted molar refractivity (Wildman–Crippen MR) is 145 cm³/mol. The van der Waals surface area contributed by atoms with Gasteiger partial charge < -0.3 is 14.8 Å². The van der Waals surface area contributed by atoms with Crippen LogP contribution in [0.25, 0.3) is 5.65 Å². The van der Waals surface area contributed by atoms with Gasteiger partial charge in [0.2, 0.25) is 5.92 Å². The molecule has 12 heteroatoms. The fourth-order valence-corrected chi connectivity index (χ4v) is 5.30. The SMILES string of the molecule is CC(C)(C)OC(=O)N[C@H](c1cn2ncc([C@@H](COC3CC3)NS(=O)C(C)(C)C)cc2n1)C1CCC(F)(F)CC1. The van der Waals surface area contributed by atoms with Crippen molar-refractivity contribution in [2.24, 2.45) is 5.92 Å². The first-order chi connectivity index (χ1) is 18.1. The highest BCUT2D eigenvalue weighted by Crippen LogP contribution is 2.41. The molecule has 1 unspecified atom stereocenters. The highest BCUT2D eigenvalue weighted by molar-refractivity contribution is 7.84. The number of alkyl halides is 2. The smallest absolute Gasteiger partial charge is 0.408 e. The lowest BCUT2D eigenvalue weighted by Gasteiger charge is -2.33. The van der Waals surface area contributed by atoms with Crippen LogP contribution in [0.1, 0.15) is 103 Å². The topological polar surface area (TPSA) is 107 Å². The van der Waals surface area contributed by atoms with Gasteiger partial charge in [-0.15, -0.1) is 0 Å². The maximum Gasteiger partial charge on any atom is 0.408 e. The van der Waals surface area contributed by atoms with Crippen molar-refractivity contribution in [3.05, 3.63) is 29.7 Å². The quantitative estimate of drug-likeness (QED) is 0.419. The highest BCUT2D eigenvalue weighted by Gasteiger charge is 2.40. The number of halogens is 2. The Morgan fingerprint density at radius 1 is 1.18 bits per heavy atom. The van der Waals surface area contributed by atoms with Crippen molar-refractivity contribution in [1.29, 1.82) is 0 Å². The fourth-order valence-electron chi connectivity index (χ4n) is 4.49. The summed E-state index contributed by atoms with van der Waals surface area (Å²) in [7, 11) is -1.33. The Morgan fingerprint density at radius 3 is 2.44 bits per heavy atom. The molecular formula is C27H41F2N5O4S. The van der Waals surface area contributed by atoms with Gasteiger partial charge in [0.1, 0.15) is 5.60 Å². The van der Waals surface area contributed by atoms with Gasteiger partial charge in [-0.1, -0.05) is 0 Å². The highest BCUT2D eigenvalue weighted by atomic mass is 32.2. The van der Waals surface area contributed by atoms with Crippen LogP contribution in [0.5, 0.6) is 0 Å². The summed E-state index contributed by atoms with van der Waals surface area (Å²) in [5, 5.41) is 7.41. The Morgan fingerprint density at radius 2 is 1.85 bits per heavy atom. The third-order valence-electron chi connectivity index (χ3n) is 6.81. The van der Waals surface area contributed by atoms with Crippen molar-refractivity contribution in [3.8, 4) is 0 Å². The number of carbonyl (C=O) groups excluding carboxylic acids is 1. The average Bonchev–Trinajstić information content (AvgIpc) is 3.54. The molecule has 0 aliphatic heterocycles. The number of alkyl carbamates (subject to hydrolysis) is 1. The molecule has 2 aliphatic rings. The van der Waals surface area contributed by atoms with E-state index in [1.165, 1.54) is 0 Å². The van der Waals surface area contributed by atoms with Crippen LogP contribution in [0.2, 0.25) is 0 Å². The van der Waals surface area contributed by atoms with Gasteiger partial charge in [-0.3, -0.25) is 0 Å². The summed E-state index contributed by atoms with van der Waals surface area (Å²) in [4.78, 5) is 17.5. The van der Waals surface area contributed by atoms with Crippen LogP contribution in [0.3, 0.4) is 0 Å². The molecule has 2 saturated carbocycles. The van der Waals surface area contributed by atoms with Crippen LogP contribution in [0, 0.1) is 5.92 Å². The van der Waals surface area contributed by atoms with E-state index < -0.39 is 39.4 Å². The molecule has 0 aromatic carbocycles. The zero-order chi connectivity index (χ0) is 28.6. The zero-order valence-electron chi connectivity index (χ0n) is 23.6. The van der Waals surface area contributed by atoms with E-state index in [0.29, 0.717) is 17.9 Å². The number of aromatic nitrogens is 3. The van der Waals surface area contributed by atoms with Crippen LogP contribution in [-0.2, 0) is 20.5 Å². The second-order valence-corrected chi connectivity index (χ2v) is 14.7. The summed E-state index contributed by atoms with van der Waals surface area (Å²) in [6.07, 6.45) is 5.08. The molecule has 218 valence electrons. The minimum absolute atomic E-state index is 0.225. The van der Waals surface area contributed by atoms with Crippen LogP contribution in [0.4, 0.5) is 13.6 Å². The van der Waals surface area contributed by atoms with Gasteiger partial charge in [-0.2, -0.15) is 5.10 Å². The maximum atomic E-state index is 13.9. The van der Waals surface area contributed by atoms with E-state index in [2.05, 4.69) is 15.1 Å². The van der Waals surface area contributed by atoms with Gasteiger partial charge in [0, 0.05) is 12.8 Å². The Labute approximate surface area is 231 Å². The van der Waals surface area contributed by atoms with E-state index in [1.807, 2.05) is 26.8 Å². The van der Waals surface area contributed by atoms with Crippen molar-refractivity contribution in [3.63, 3.8) is 0 Å². The summed E-state index contributed by atoms with van der Waals surface area (Å²) in [6, 6.07) is 0.880.